The number of amides is 2. The first kappa shape index (κ1) is 39.1. The number of fused-ring (bicyclic) bond motifs is 1. The van der Waals surface area contributed by atoms with Gasteiger partial charge in [0, 0.05) is 32.2 Å². The Morgan fingerprint density at radius 1 is 1.10 bits per heavy atom. The molecule has 0 spiro atoms. The van der Waals surface area contributed by atoms with Crippen LogP contribution in [0.15, 0.2) is 59.5 Å². The van der Waals surface area contributed by atoms with Crippen LogP contribution in [0.25, 0.3) is 0 Å². The van der Waals surface area contributed by atoms with Gasteiger partial charge < -0.3 is 29.4 Å². The predicted molar refractivity (Wildman–Crippen MR) is 186 cm³/mol. The van der Waals surface area contributed by atoms with Gasteiger partial charge in [0.1, 0.15) is 11.7 Å². The van der Waals surface area contributed by atoms with Crippen LogP contribution in [0, 0.1) is 22.7 Å². The number of sulfonamides is 1. The van der Waals surface area contributed by atoms with Crippen molar-refractivity contribution in [1.29, 1.82) is 5.26 Å². The first-order valence-corrected chi connectivity index (χ1v) is 18.3. The normalized spacial score (nSPS) is 20.4. The van der Waals surface area contributed by atoms with Gasteiger partial charge in [-0.3, -0.25) is 4.90 Å². The van der Waals surface area contributed by atoms with Gasteiger partial charge in [-0.05, 0) is 69.2 Å². The van der Waals surface area contributed by atoms with Crippen LogP contribution >= 0.6 is 0 Å². The van der Waals surface area contributed by atoms with E-state index in [1.54, 1.807) is 26.8 Å². The zero-order valence-electron chi connectivity index (χ0n) is 29.7. The first-order chi connectivity index (χ1) is 23.5. The van der Waals surface area contributed by atoms with Gasteiger partial charge in [-0.25, -0.2) is 18.0 Å². The van der Waals surface area contributed by atoms with E-state index < -0.39 is 57.8 Å². The zero-order chi connectivity index (χ0) is 36.7. The number of anilines is 1. The zero-order valence-corrected chi connectivity index (χ0v) is 30.5. The summed E-state index contributed by atoms with van der Waals surface area (Å²) >= 11 is 0. The van der Waals surface area contributed by atoms with E-state index >= 15 is 0 Å². The van der Waals surface area contributed by atoms with Crippen molar-refractivity contribution in [1.82, 2.24) is 9.62 Å². The Morgan fingerprint density at radius 3 is 2.50 bits per heavy atom. The van der Waals surface area contributed by atoms with Crippen LogP contribution in [0.3, 0.4) is 0 Å². The van der Waals surface area contributed by atoms with Crippen molar-refractivity contribution in [3.63, 3.8) is 0 Å². The fraction of sp³-hybridized carbons (Fsp3) is 0.583. The van der Waals surface area contributed by atoms with Gasteiger partial charge in [0.05, 0.1) is 42.2 Å². The molecule has 5 atom stereocenters. The van der Waals surface area contributed by atoms with Crippen molar-refractivity contribution in [3.05, 3.63) is 60.2 Å². The summed E-state index contributed by atoms with van der Waals surface area (Å²) in [5, 5.41) is 23.8. The third kappa shape index (κ3) is 10.6. The quantitative estimate of drug-likeness (QED) is 0.276. The number of alkyl carbamates (subject to hydrolysis) is 1. The van der Waals surface area contributed by atoms with E-state index in [0.29, 0.717) is 25.1 Å². The summed E-state index contributed by atoms with van der Waals surface area (Å²) < 4.78 is 52.3. The molecule has 50 heavy (non-hydrogen) atoms. The number of benzene rings is 2. The van der Waals surface area contributed by atoms with Crippen molar-refractivity contribution in [2.24, 2.45) is 11.3 Å². The maximum Gasteiger partial charge on any atom is 0.414 e. The van der Waals surface area contributed by atoms with Crippen molar-refractivity contribution in [3.8, 4) is 6.07 Å². The van der Waals surface area contributed by atoms with Crippen LogP contribution in [0.1, 0.15) is 59.4 Å². The van der Waals surface area contributed by atoms with Crippen LogP contribution in [0.2, 0.25) is 0 Å². The number of rotatable bonds is 14. The highest BCUT2D eigenvalue weighted by molar-refractivity contribution is 7.89. The highest BCUT2D eigenvalue weighted by Gasteiger charge is 2.44. The molecule has 0 aromatic heterocycles. The molecule has 0 radical (unpaired) electrons. The third-order valence-corrected chi connectivity index (χ3v) is 10.5. The molecule has 2 fully saturated rings. The molecular weight excluding hydrogens is 664 g/mol. The van der Waals surface area contributed by atoms with E-state index in [9.17, 15) is 28.4 Å². The molecule has 2 N–H and O–H groups in total. The maximum absolute atomic E-state index is 14.4. The summed E-state index contributed by atoms with van der Waals surface area (Å²) in [4.78, 5) is 27.2. The van der Waals surface area contributed by atoms with Gasteiger partial charge in [0.2, 0.25) is 10.0 Å². The Hall–Kier alpha value is -3.74. The minimum Gasteiger partial charge on any atom is -0.443 e. The second-order valence-corrected chi connectivity index (χ2v) is 16.6. The molecule has 14 heteroatoms. The molecule has 2 aliphatic rings. The molecule has 13 nitrogen and oxygen atoms in total. The van der Waals surface area contributed by atoms with E-state index in [1.807, 2.05) is 44.2 Å². The number of aliphatic hydroxyl groups excluding tert-OH is 1. The Kier molecular flexibility index (Phi) is 12.9. The van der Waals surface area contributed by atoms with E-state index in [4.69, 9.17) is 18.9 Å². The number of carbonyl (C=O) groups excluding carboxylic acids is 2. The molecule has 2 amide bonds. The number of nitriles is 1. The highest BCUT2D eigenvalue weighted by Crippen LogP contribution is 2.33. The van der Waals surface area contributed by atoms with Gasteiger partial charge in [-0.1, -0.05) is 50.2 Å². The molecule has 0 aliphatic carbocycles. The second-order valence-electron chi connectivity index (χ2n) is 14.6. The van der Waals surface area contributed by atoms with Crippen LogP contribution in [-0.2, 0) is 35.4 Å². The topological polar surface area (TPSA) is 168 Å². The fourth-order valence-electron chi connectivity index (χ4n) is 5.99. The monoisotopic (exact) mass is 714 g/mol. The van der Waals surface area contributed by atoms with Gasteiger partial charge >= 0.3 is 12.2 Å². The molecule has 0 saturated carbocycles. The number of hydrogen-bond acceptors (Lipinski definition) is 10. The van der Waals surface area contributed by atoms with Crippen LogP contribution in [-0.4, -0.2) is 93.5 Å². The third-order valence-electron chi connectivity index (χ3n) is 8.73. The summed E-state index contributed by atoms with van der Waals surface area (Å²) in [5.41, 5.74) is -0.308. The molecule has 2 aliphatic heterocycles. The minimum atomic E-state index is -4.30. The van der Waals surface area contributed by atoms with E-state index in [-0.39, 0.29) is 43.4 Å². The number of nitrogens with one attached hydrogen (secondary N) is 1. The van der Waals surface area contributed by atoms with Gasteiger partial charge in [0.15, 0.2) is 6.29 Å². The predicted octanol–water partition coefficient (Wildman–Crippen LogP) is 4.84. The van der Waals surface area contributed by atoms with E-state index in [0.717, 1.165) is 5.56 Å². The lowest BCUT2D eigenvalue weighted by atomic mass is 9.88. The summed E-state index contributed by atoms with van der Waals surface area (Å²) in [5.74, 6) is -0.0837. The lowest BCUT2D eigenvalue weighted by Gasteiger charge is -2.35. The Bertz CT molecular complexity index is 1610. The number of carbonyl (C=O) groups is 2. The summed E-state index contributed by atoms with van der Waals surface area (Å²) in [7, 11) is -2.81. The average molecular weight is 715 g/mol. The lowest BCUT2D eigenvalue weighted by molar-refractivity contribution is -0.0907. The lowest BCUT2D eigenvalue weighted by Crippen LogP contribution is -2.52. The molecule has 0 unspecified atom stereocenters. The molecule has 274 valence electrons. The summed E-state index contributed by atoms with van der Waals surface area (Å²) in [6.07, 6.45) is -2.21. The van der Waals surface area contributed by atoms with E-state index in [1.165, 1.54) is 34.5 Å². The molecule has 0 bridgehead atoms. The first-order valence-electron chi connectivity index (χ1n) is 16.9. The van der Waals surface area contributed by atoms with Crippen molar-refractivity contribution in [2.75, 3.05) is 38.3 Å². The van der Waals surface area contributed by atoms with E-state index in [2.05, 4.69) is 11.4 Å². The standard InChI is InChI=1S/C36H50N4O9S/c1-35(2,3)49-34(43)39(6)26-14-10-15-27(21-26)50(44,45)40(24-36(4,5)17-11-18-37)22-30(41)29(20-25-12-8-7-9-13-25)38-33(42)48-31-23-47-32-28(31)16-19-46-32/h7-10,12-15,21,28-32,41H,11,16-17,19-20,22-24H2,1-6H3,(H,38,42)/t28-,29-,30+,31-,32+/m0/s1. The number of aliphatic hydroxyl groups is 1. The van der Waals surface area contributed by atoms with Gasteiger partial charge in [-0.2, -0.15) is 9.57 Å². The summed E-state index contributed by atoms with van der Waals surface area (Å²) in [6, 6.07) is 16.3. The average Bonchev–Trinajstić information content (AvgIpc) is 3.67. The molecule has 4 rings (SSSR count). The Morgan fingerprint density at radius 2 is 1.82 bits per heavy atom. The fourth-order valence-corrected chi connectivity index (χ4v) is 7.68. The van der Waals surface area contributed by atoms with Crippen LogP contribution in [0.5, 0.6) is 0 Å². The Labute approximate surface area is 295 Å². The minimum absolute atomic E-state index is 0.0365. The molecule has 2 aromatic rings. The van der Waals surface area contributed by atoms with Crippen molar-refractivity contribution < 1.29 is 42.1 Å². The van der Waals surface area contributed by atoms with Gasteiger partial charge in [0.25, 0.3) is 0 Å². The van der Waals surface area contributed by atoms with Crippen molar-refractivity contribution in [2.45, 2.75) is 95.3 Å². The second kappa shape index (κ2) is 16.5. The molecular formula is C36H50N4O9S. The van der Waals surface area contributed by atoms with Crippen LogP contribution < -0.4 is 10.2 Å². The highest BCUT2D eigenvalue weighted by atomic mass is 32.2. The number of ether oxygens (including phenoxy) is 4. The smallest absolute Gasteiger partial charge is 0.414 e. The maximum atomic E-state index is 14.4. The number of nitrogens with zero attached hydrogens (tertiary/aromatic N) is 3. The number of hydrogen-bond donors (Lipinski definition) is 2. The van der Waals surface area contributed by atoms with Crippen LogP contribution in [0.4, 0.5) is 15.3 Å². The molecule has 2 heterocycles. The van der Waals surface area contributed by atoms with Crippen molar-refractivity contribution >= 4 is 27.9 Å². The molecule has 2 saturated heterocycles. The largest absolute Gasteiger partial charge is 0.443 e. The SMILES string of the molecule is CN(C(=O)OC(C)(C)C)c1cccc(S(=O)(=O)N(C[C@@H](O)[C@H](Cc2ccccc2)NC(=O)O[C@H]2CO[C@H]3OCC[C@H]32)CC(C)(C)CCC#N)c1. The molecule has 2 aromatic carbocycles. The summed E-state index contributed by atoms with van der Waals surface area (Å²) in [6.45, 7) is 9.21. The Balaban J connectivity index is 1.61. The van der Waals surface area contributed by atoms with Gasteiger partial charge in [-0.15, -0.1) is 0 Å².